The molecule has 9 aromatic carbocycles. The van der Waals surface area contributed by atoms with Crippen LogP contribution in [-0.4, -0.2) is 0 Å². The van der Waals surface area contributed by atoms with Gasteiger partial charge in [0.2, 0.25) is 0 Å². The van der Waals surface area contributed by atoms with E-state index in [1.807, 2.05) is 0 Å². The fourth-order valence-electron chi connectivity index (χ4n) is 7.07. The molecule has 0 fully saturated rings. The molecule has 2 heteroatoms. The molecule has 0 N–H and O–H groups in total. The lowest BCUT2D eigenvalue weighted by Crippen LogP contribution is -2.10. The minimum atomic E-state index is 1.13. The Morgan fingerprint density at radius 1 is 0.229 bits per heavy atom. The largest absolute Gasteiger partial charge is 0.310 e. The summed E-state index contributed by atoms with van der Waals surface area (Å²) in [4.78, 5) is 4.74. The highest BCUT2D eigenvalue weighted by Crippen LogP contribution is 2.42. The highest BCUT2D eigenvalue weighted by Gasteiger charge is 2.17. The number of anilines is 6. The van der Waals surface area contributed by atoms with E-state index in [0.29, 0.717) is 0 Å². The summed E-state index contributed by atoms with van der Waals surface area (Å²) in [6.07, 6.45) is 0. The number of para-hydroxylation sites is 2. The standard InChI is InChI=1S/C46H32N2/c1-3-17-39(18-4-1)47(45-23-11-15-33-13-7-9-21-43(33)45)41-27-25-35-30-38-32-42(28-26-36(38)29-37(35)31-41)48(40-19-5-2-6-20-40)46-24-12-16-34-14-8-10-22-44(34)46/h1-32H. The Morgan fingerprint density at radius 3 is 1.08 bits per heavy atom. The van der Waals surface area contributed by atoms with Gasteiger partial charge in [0.05, 0.1) is 11.4 Å². The van der Waals surface area contributed by atoms with Crippen LogP contribution in [0, 0.1) is 0 Å². The van der Waals surface area contributed by atoms with E-state index < -0.39 is 0 Å². The van der Waals surface area contributed by atoms with Gasteiger partial charge in [0.25, 0.3) is 0 Å². The molecule has 226 valence electrons. The molecule has 0 saturated carbocycles. The van der Waals surface area contributed by atoms with Gasteiger partial charge in [-0.25, -0.2) is 0 Å². The van der Waals surface area contributed by atoms with E-state index in [9.17, 15) is 0 Å². The van der Waals surface area contributed by atoms with Crippen molar-refractivity contribution in [1.82, 2.24) is 0 Å². The van der Waals surface area contributed by atoms with Crippen molar-refractivity contribution in [2.24, 2.45) is 0 Å². The first-order valence-electron chi connectivity index (χ1n) is 16.4. The van der Waals surface area contributed by atoms with Crippen LogP contribution in [0.25, 0.3) is 43.1 Å². The smallest absolute Gasteiger partial charge is 0.0540 e. The van der Waals surface area contributed by atoms with Crippen molar-refractivity contribution < 1.29 is 0 Å². The zero-order valence-electron chi connectivity index (χ0n) is 26.4. The predicted octanol–water partition coefficient (Wildman–Crippen LogP) is 13.2. The van der Waals surface area contributed by atoms with Crippen LogP contribution in [-0.2, 0) is 0 Å². The van der Waals surface area contributed by atoms with Gasteiger partial charge in [-0.2, -0.15) is 0 Å². The van der Waals surface area contributed by atoms with Crippen molar-refractivity contribution >= 4 is 77.2 Å². The van der Waals surface area contributed by atoms with Crippen LogP contribution in [0.4, 0.5) is 34.1 Å². The summed E-state index contributed by atoms with van der Waals surface area (Å²) in [7, 11) is 0. The SMILES string of the molecule is c1ccc(N(c2ccc3cc4cc(N(c5ccccc5)c5cccc6ccccc56)ccc4cc3c2)c2cccc3ccccc23)cc1. The molecule has 0 amide bonds. The summed E-state index contributed by atoms with van der Waals surface area (Å²) in [6.45, 7) is 0. The second-order valence-electron chi connectivity index (χ2n) is 12.3. The lowest BCUT2D eigenvalue weighted by molar-refractivity contribution is 1.30. The minimum absolute atomic E-state index is 1.13. The zero-order chi connectivity index (χ0) is 31.9. The molecule has 0 aliphatic rings. The maximum atomic E-state index is 2.37. The number of hydrogen-bond donors (Lipinski definition) is 0. The maximum Gasteiger partial charge on any atom is 0.0540 e. The monoisotopic (exact) mass is 612 g/mol. The van der Waals surface area contributed by atoms with Gasteiger partial charge in [0, 0.05) is 33.5 Å². The van der Waals surface area contributed by atoms with Gasteiger partial charge in [-0.3, -0.25) is 0 Å². The second-order valence-corrected chi connectivity index (χ2v) is 12.3. The molecule has 9 aromatic rings. The van der Waals surface area contributed by atoms with Crippen LogP contribution in [0.15, 0.2) is 194 Å². The Balaban J connectivity index is 1.18. The van der Waals surface area contributed by atoms with E-state index >= 15 is 0 Å². The van der Waals surface area contributed by atoms with E-state index in [0.717, 1.165) is 22.7 Å². The average molecular weight is 613 g/mol. The third-order valence-electron chi connectivity index (χ3n) is 9.32. The Kier molecular flexibility index (Phi) is 6.84. The first kappa shape index (κ1) is 27.9. The number of rotatable bonds is 6. The number of hydrogen-bond acceptors (Lipinski definition) is 2. The summed E-state index contributed by atoms with van der Waals surface area (Å²) in [5.41, 5.74) is 6.86. The number of benzene rings is 9. The van der Waals surface area contributed by atoms with Crippen LogP contribution in [0.1, 0.15) is 0 Å². The number of nitrogens with zero attached hydrogens (tertiary/aromatic N) is 2. The Labute approximate surface area is 280 Å². The summed E-state index contributed by atoms with van der Waals surface area (Å²) in [6, 6.07) is 70.0. The molecule has 0 saturated heterocycles. The average Bonchev–Trinajstić information content (AvgIpc) is 3.15. The molecule has 48 heavy (non-hydrogen) atoms. The first-order chi connectivity index (χ1) is 23.8. The van der Waals surface area contributed by atoms with Gasteiger partial charge in [-0.15, -0.1) is 0 Å². The van der Waals surface area contributed by atoms with Crippen molar-refractivity contribution in [3.05, 3.63) is 194 Å². The lowest BCUT2D eigenvalue weighted by atomic mass is 10.0. The van der Waals surface area contributed by atoms with Gasteiger partial charge in [-0.1, -0.05) is 121 Å². The highest BCUT2D eigenvalue weighted by molar-refractivity contribution is 6.05. The lowest BCUT2D eigenvalue weighted by Gasteiger charge is -2.27. The molecule has 0 atom stereocenters. The molecule has 9 rings (SSSR count). The molecule has 0 spiro atoms. The second kappa shape index (κ2) is 11.8. The third-order valence-corrected chi connectivity index (χ3v) is 9.32. The van der Waals surface area contributed by atoms with E-state index in [1.54, 1.807) is 0 Å². The summed E-state index contributed by atoms with van der Waals surface area (Å²) in [5.74, 6) is 0. The Morgan fingerprint density at radius 2 is 0.625 bits per heavy atom. The maximum absolute atomic E-state index is 2.37. The fraction of sp³-hybridized carbons (Fsp3) is 0. The van der Waals surface area contributed by atoms with Gasteiger partial charge in [0.15, 0.2) is 0 Å². The topological polar surface area (TPSA) is 6.48 Å². The normalized spacial score (nSPS) is 11.3. The summed E-state index contributed by atoms with van der Waals surface area (Å²) in [5, 5.41) is 9.76. The molecule has 0 aliphatic heterocycles. The van der Waals surface area contributed by atoms with Gasteiger partial charge < -0.3 is 9.80 Å². The minimum Gasteiger partial charge on any atom is -0.310 e. The third kappa shape index (κ3) is 4.92. The van der Waals surface area contributed by atoms with E-state index in [4.69, 9.17) is 0 Å². The molecule has 2 nitrogen and oxygen atoms in total. The molecule has 0 radical (unpaired) electrons. The van der Waals surface area contributed by atoms with Crippen LogP contribution in [0.5, 0.6) is 0 Å². The van der Waals surface area contributed by atoms with E-state index in [-0.39, 0.29) is 0 Å². The van der Waals surface area contributed by atoms with Crippen molar-refractivity contribution in [2.75, 3.05) is 9.80 Å². The molecule has 0 heterocycles. The molecule has 0 bridgehead atoms. The van der Waals surface area contributed by atoms with Crippen molar-refractivity contribution in [2.45, 2.75) is 0 Å². The first-order valence-corrected chi connectivity index (χ1v) is 16.4. The fourth-order valence-corrected chi connectivity index (χ4v) is 7.07. The van der Waals surface area contributed by atoms with Crippen LogP contribution in [0.2, 0.25) is 0 Å². The zero-order valence-corrected chi connectivity index (χ0v) is 26.4. The van der Waals surface area contributed by atoms with Crippen LogP contribution >= 0.6 is 0 Å². The Hall–Kier alpha value is -6.38. The highest BCUT2D eigenvalue weighted by atomic mass is 15.1. The van der Waals surface area contributed by atoms with E-state index in [1.165, 1.54) is 54.5 Å². The molecule has 0 unspecified atom stereocenters. The molecular weight excluding hydrogens is 581 g/mol. The van der Waals surface area contributed by atoms with Gasteiger partial charge in [-0.05, 0) is 105 Å². The molecule has 0 aromatic heterocycles. The van der Waals surface area contributed by atoms with E-state index in [2.05, 4.69) is 204 Å². The van der Waals surface area contributed by atoms with Crippen molar-refractivity contribution in [1.29, 1.82) is 0 Å². The summed E-state index contributed by atoms with van der Waals surface area (Å²) >= 11 is 0. The molecule has 0 aliphatic carbocycles. The quantitative estimate of drug-likeness (QED) is 0.172. The Bertz CT molecular complexity index is 2380. The van der Waals surface area contributed by atoms with Crippen LogP contribution < -0.4 is 9.80 Å². The van der Waals surface area contributed by atoms with Crippen molar-refractivity contribution in [3.63, 3.8) is 0 Å². The van der Waals surface area contributed by atoms with Crippen molar-refractivity contribution in [3.8, 4) is 0 Å². The van der Waals surface area contributed by atoms with Gasteiger partial charge in [0.1, 0.15) is 0 Å². The predicted molar refractivity (Wildman–Crippen MR) is 206 cm³/mol. The number of fused-ring (bicyclic) bond motifs is 4. The summed E-state index contributed by atoms with van der Waals surface area (Å²) < 4.78 is 0. The van der Waals surface area contributed by atoms with Gasteiger partial charge >= 0.3 is 0 Å². The van der Waals surface area contributed by atoms with Crippen LogP contribution in [0.3, 0.4) is 0 Å². The molecular formula is C46H32N2.